The molecule has 4 nitrogen and oxygen atoms in total. The summed E-state index contributed by atoms with van der Waals surface area (Å²) in [4.78, 5) is 2.62. The van der Waals surface area contributed by atoms with E-state index in [4.69, 9.17) is 10.5 Å². The highest BCUT2D eigenvalue weighted by Crippen LogP contribution is 2.32. The summed E-state index contributed by atoms with van der Waals surface area (Å²) >= 11 is 0. The predicted molar refractivity (Wildman–Crippen MR) is 79.3 cm³/mol. The van der Waals surface area contributed by atoms with Gasteiger partial charge in [0, 0.05) is 31.3 Å². The van der Waals surface area contributed by atoms with Gasteiger partial charge in [0.2, 0.25) is 0 Å². The fourth-order valence-corrected chi connectivity index (χ4v) is 3.87. The highest BCUT2D eigenvalue weighted by Gasteiger charge is 2.36. The van der Waals surface area contributed by atoms with Gasteiger partial charge in [-0.15, -0.1) is 0 Å². The second kappa shape index (κ2) is 7.58. The molecule has 2 aliphatic rings. The average Bonchev–Trinajstić information content (AvgIpc) is 2.37. The zero-order chi connectivity index (χ0) is 13.7. The van der Waals surface area contributed by atoms with Gasteiger partial charge in [-0.3, -0.25) is 0 Å². The number of nitrogens with zero attached hydrogens (tertiary/aromatic N) is 1. The SMILES string of the molecule is COCC(CCCN)NC1CC2CCCC(C1)N2C. The summed E-state index contributed by atoms with van der Waals surface area (Å²) in [7, 11) is 4.10. The van der Waals surface area contributed by atoms with Crippen molar-refractivity contribution in [2.24, 2.45) is 5.73 Å². The zero-order valence-corrected chi connectivity index (χ0v) is 12.6. The largest absolute Gasteiger partial charge is 0.383 e. The third kappa shape index (κ3) is 4.15. The molecule has 0 aliphatic carbocycles. The highest BCUT2D eigenvalue weighted by molar-refractivity contribution is 4.94. The number of fused-ring (bicyclic) bond motifs is 2. The van der Waals surface area contributed by atoms with E-state index in [0.29, 0.717) is 12.1 Å². The minimum Gasteiger partial charge on any atom is -0.383 e. The van der Waals surface area contributed by atoms with Crippen molar-refractivity contribution in [3.8, 4) is 0 Å². The molecule has 3 unspecified atom stereocenters. The maximum Gasteiger partial charge on any atom is 0.0615 e. The van der Waals surface area contributed by atoms with E-state index < -0.39 is 0 Å². The molecule has 0 aromatic heterocycles. The second-order valence-corrected chi connectivity index (χ2v) is 6.32. The molecule has 3 N–H and O–H groups in total. The number of hydrogen-bond donors (Lipinski definition) is 2. The molecular weight excluding hydrogens is 238 g/mol. The predicted octanol–water partition coefficient (Wildman–Crippen LogP) is 1.35. The van der Waals surface area contributed by atoms with Crippen molar-refractivity contribution in [2.75, 3.05) is 27.3 Å². The summed E-state index contributed by atoms with van der Waals surface area (Å²) in [5.74, 6) is 0. The lowest BCUT2D eigenvalue weighted by molar-refractivity contribution is 0.0410. The Balaban J connectivity index is 1.83. The van der Waals surface area contributed by atoms with Gasteiger partial charge in [0.05, 0.1) is 6.61 Å². The smallest absolute Gasteiger partial charge is 0.0615 e. The first-order valence-corrected chi connectivity index (χ1v) is 7.91. The molecule has 2 rings (SSSR count). The number of ether oxygens (including phenoxy) is 1. The van der Waals surface area contributed by atoms with E-state index in [0.717, 1.165) is 38.1 Å². The van der Waals surface area contributed by atoms with Gasteiger partial charge >= 0.3 is 0 Å². The van der Waals surface area contributed by atoms with Gasteiger partial charge in [-0.25, -0.2) is 0 Å². The topological polar surface area (TPSA) is 50.5 Å². The van der Waals surface area contributed by atoms with Crippen LogP contribution in [0.1, 0.15) is 44.9 Å². The Kier molecular flexibility index (Phi) is 6.07. The molecular formula is C15H31N3O. The monoisotopic (exact) mass is 269 g/mol. The molecule has 112 valence electrons. The van der Waals surface area contributed by atoms with Crippen LogP contribution < -0.4 is 11.1 Å². The van der Waals surface area contributed by atoms with Gasteiger partial charge in [0.1, 0.15) is 0 Å². The molecule has 3 atom stereocenters. The number of rotatable bonds is 7. The summed E-state index contributed by atoms with van der Waals surface area (Å²) in [6.45, 7) is 1.59. The zero-order valence-electron chi connectivity index (χ0n) is 12.6. The van der Waals surface area contributed by atoms with Crippen molar-refractivity contribution in [2.45, 2.75) is 69.1 Å². The van der Waals surface area contributed by atoms with Crippen LogP contribution >= 0.6 is 0 Å². The normalized spacial score (nSPS) is 33.3. The number of methoxy groups -OCH3 is 1. The Morgan fingerprint density at radius 2 is 2.00 bits per heavy atom. The van der Waals surface area contributed by atoms with Crippen LogP contribution in [0.25, 0.3) is 0 Å². The maximum atomic E-state index is 5.62. The molecule has 2 heterocycles. The minimum atomic E-state index is 0.475. The lowest BCUT2D eigenvalue weighted by atomic mass is 9.82. The molecule has 2 saturated heterocycles. The Labute approximate surface area is 118 Å². The van der Waals surface area contributed by atoms with Crippen LogP contribution in [0.5, 0.6) is 0 Å². The van der Waals surface area contributed by atoms with Gasteiger partial charge in [-0.2, -0.15) is 0 Å². The van der Waals surface area contributed by atoms with Crippen molar-refractivity contribution in [1.29, 1.82) is 0 Å². The van der Waals surface area contributed by atoms with E-state index in [9.17, 15) is 0 Å². The van der Waals surface area contributed by atoms with Gasteiger partial charge in [0.15, 0.2) is 0 Å². The molecule has 0 aromatic carbocycles. The van der Waals surface area contributed by atoms with E-state index in [-0.39, 0.29) is 0 Å². The minimum absolute atomic E-state index is 0.475. The maximum absolute atomic E-state index is 5.62. The Morgan fingerprint density at radius 1 is 1.32 bits per heavy atom. The van der Waals surface area contributed by atoms with Gasteiger partial charge in [-0.05, 0) is 52.1 Å². The molecule has 0 aromatic rings. The summed E-state index contributed by atoms with van der Waals surface area (Å²) in [5.41, 5.74) is 5.62. The van der Waals surface area contributed by atoms with Crippen LogP contribution in [-0.2, 0) is 4.74 Å². The molecule has 2 fully saturated rings. The summed E-state index contributed by atoms with van der Waals surface area (Å²) in [5, 5.41) is 3.83. The van der Waals surface area contributed by atoms with Crippen molar-refractivity contribution in [3.05, 3.63) is 0 Å². The second-order valence-electron chi connectivity index (χ2n) is 6.32. The van der Waals surface area contributed by atoms with Gasteiger partial charge in [0.25, 0.3) is 0 Å². The first-order valence-electron chi connectivity index (χ1n) is 7.91. The van der Waals surface area contributed by atoms with Gasteiger partial charge in [-0.1, -0.05) is 6.42 Å². The van der Waals surface area contributed by atoms with E-state index in [1.54, 1.807) is 7.11 Å². The third-order valence-corrected chi connectivity index (χ3v) is 4.94. The molecule has 0 saturated carbocycles. The van der Waals surface area contributed by atoms with E-state index >= 15 is 0 Å². The first kappa shape index (κ1) is 15.2. The number of hydrogen-bond acceptors (Lipinski definition) is 4. The number of piperidine rings is 2. The Morgan fingerprint density at radius 3 is 2.58 bits per heavy atom. The molecule has 0 radical (unpaired) electrons. The summed E-state index contributed by atoms with van der Waals surface area (Å²) in [6, 6.07) is 2.73. The van der Waals surface area contributed by atoms with Crippen LogP contribution in [0.4, 0.5) is 0 Å². The first-order chi connectivity index (χ1) is 9.24. The van der Waals surface area contributed by atoms with Crippen LogP contribution in [0.15, 0.2) is 0 Å². The van der Waals surface area contributed by atoms with Crippen LogP contribution in [0.2, 0.25) is 0 Å². The van der Waals surface area contributed by atoms with Crippen LogP contribution in [0, 0.1) is 0 Å². The van der Waals surface area contributed by atoms with E-state index in [1.807, 2.05) is 0 Å². The summed E-state index contributed by atoms with van der Waals surface area (Å²) in [6.07, 6.45) is 8.99. The molecule has 0 spiro atoms. The lowest BCUT2D eigenvalue weighted by Crippen LogP contribution is -2.56. The summed E-state index contributed by atoms with van der Waals surface area (Å²) < 4.78 is 5.34. The van der Waals surface area contributed by atoms with Gasteiger partial charge < -0.3 is 20.7 Å². The molecule has 0 amide bonds. The number of nitrogens with two attached hydrogens (primary N) is 1. The van der Waals surface area contributed by atoms with Crippen LogP contribution in [-0.4, -0.2) is 56.4 Å². The standard InChI is InChI=1S/C15H31N3O/c1-18-14-6-3-7-15(18)10-13(9-14)17-12(11-19-2)5-4-8-16/h12-15,17H,3-11,16H2,1-2H3. The Hall–Kier alpha value is -0.160. The Bertz CT molecular complexity index is 248. The van der Waals surface area contributed by atoms with Crippen molar-refractivity contribution < 1.29 is 4.74 Å². The molecule has 2 bridgehead atoms. The molecule has 4 heteroatoms. The van der Waals surface area contributed by atoms with Crippen molar-refractivity contribution in [1.82, 2.24) is 10.2 Å². The molecule has 19 heavy (non-hydrogen) atoms. The molecule has 2 aliphatic heterocycles. The van der Waals surface area contributed by atoms with E-state index in [1.165, 1.54) is 32.1 Å². The fraction of sp³-hybridized carbons (Fsp3) is 1.00. The lowest BCUT2D eigenvalue weighted by Gasteiger charge is -2.48. The fourth-order valence-electron chi connectivity index (χ4n) is 3.87. The van der Waals surface area contributed by atoms with E-state index in [2.05, 4.69) is 17.3 Å². The van der Waals surface area contributed by atoms with Crippen molar-refractivity contribution in [3.63, 3.8) is 0 Å². The number of nitrogens with one attached hydrogen (secondary N) is 1. The average molecular weight is 269 g/mol. The highest BCUT2D eigenvalue weighted by atomic mass is 16.5. The van der Waals surface area contributed by atoms with Crippen LogP contribution in [0.3, 0.4) is 0 Å². The quantitative estimate of drug-likeness (QED) is 0.732. The third-order valence-electron chi connectivity index (χ3n) is 4.94. The van der Waals surface area contributed by atoms with Crippen molar-refractivity contribution >= 4 is 0 Å².